The van der Waals surface area contributed by atoms with E-state index < -0.39 is 22.4 Å². The largest absolute Gasteiger partial charge is 0.459 e. The zero-order valence-electron chi connectivity index (χ0n) is 17.6. The number of hydrogen-bond donors (Lipinski definition) is 1. The van der Waals surface area contributed by atoms with Crippen LogP contribution in [0, 0.1) is 0 Å². The van der Waals surface area contributed by atoms with Crippen molar-refractivity contribution in [3.05, 3.63) is 66.6 Å². The van der Waals surface area contributed by atoms with E-state index in [9.17, 15) is 23.1 Å². The Balaban J connectivity index is 1.82. The molecule has 2 aromatic carbocycles. The van der Waals surface area contributed by atoms with Crippen molar-refractivity contribution in [1.82, 2.24) is 0 Å². The highest BCUT2D eigenvalue weighted by molar-refractivity contribution is 7.90. The number of fused-ring (bicyclic) bond motifs is 1. The molecule has 32 heavy (non-hydrogen) atoms. The van der Waals surface area contributed by atoms with Gasteiger partial charge < -0.3 is 19.3 Å². The average Bonchev–Trinajstić information content (AvgIpc) is 3.32. The summed E-state index contributed by atoms with van der Waals surface area (Å²) in [6, 6.07) is 14.6. The van der Waals surface area contributed by atoms with Crippen LogP contribution in [0.25, 0.3) is 11.1 Å². The van der Waals surface area contributed by atoms with Gasteiger partial charge in [-0.1, -0.05) is 18.2 Å². The third kappa shape index (κ3) is 3.92. The Morgan fingerprint density at radius 3 is 2.34 bits per heavy atom. The standard InChI is InChI=1S/C23H22N2O6S/c1-15-13-24(23(28)21-4-3-11-31-21)20-12-17(7-10-19(20)25(15)22(27)14-26)16-5-8-18(9-6-16)32(2,29)30/h3-12,15,26H,13-14H2,1-2H3. The number of furan rings is 1. The molecule has 1 aromatic heterocycles. The average molecular weight is 455 g/mol. The second-order valence-corrected chi connectivity index (χ2v) is 9.68. The van der Waals surface area contributed by atoms with Crippen LogP contribution in [0.15, 0.2) is 70.2 Å². The molecule has 4 rings (SSSR count). The molecule has 0 bridgehead atoms. The first kappa shape index (κ1) is 21.8. The summed E-state index contributed by atoms with van der Waals surface area (Å²) in [7, 11) is -3.32. The summed E-state index contributed by atoms with van der Waals surface area (Å²) < 4.78 is 28.8. The zero-order valence-corrected chi connectivity index (χ0v) is 18.4. The predicted molar refractivity (Wildman–Crippen MR) is 119 cm³/mol. The van der Waals surface area contributed by atoms with Gasteiger partial charge in [-0.05, 0) is 54.4 Å². The second-order valence-electron chi connectivity index (χ2n) is 7.66. The number of sulfone groups is 1. The molecule has 2 heterocycles. The molecule has 0 spiro atoms. The molecule has 1 aliphatic heterocycles. The molecule has 9 heteroatoms. The minimum atomic E-state index is -3.32. The summed E-state index contributed by atoms with van der Waals surface area (Å²) in [4.78, 5) is 28.8. The maximum absolute atomic E-state index is 13.1. The monoisotopic (exact) mass is 454 g/mol. The van der Waals surface area contributed by atoms with E-state index in [0.29, 0.717) is 11.4 Å². The van der Waals surface area contributed by atoms with E-state index in [1.165, 1.54) is 23.3 Å². The summed E-state index contributed by atoms with van der Waals surface area (Å²) in [5, 5.41) is 9.44. The number of aliphatic hydroxyl groups is 1. The van der Waals surface area contributed by atoms with Crippen LogP contribution >= 0.6 is 0 Å². The number of anilines is 2. The Bertz CT molecular complexity index is 1270. The second kappa shape index (κ2) is 8.25. The fourth-order valence-corrected chi connectivity index (χ4v) is 4.51. The highest BCUT2D eigenvalue weighted by atomic mass is 32.2. The van der Waals surface area contributed by atoms with Gasteiger partial charge in [0.05, 0.1) is 28.6 Å². The lowest BCUT2D eigenvalue weighted by atomic mass is 10.0. The van der Waals surface area contributed by atoms with Crippen molar-refractivity contribution < 1.29 is 27.5 Å². The highest BCUT2D eigenvalue weighted by Crippen LogP contribution is 2.39. The minimum Gasteiger partial charge on any atom is -0.459 e. The van der Waals surface area contributed by atoms with Gasteiger partial charge in [0.25, 0.3) is 11.8 Å². The van der Waals surface area contributed by atoms with Gasteiger partial charge in [-0.2, -0.15) is 0 Å². The van der Waals surface area contributed by atoms with Crippen LogP contribution in [0.3, 0.4) is 0 Å². The lowest BCUT2D eigenvalue weighted by Crippen LogP contribution is -2.52. The molecule has 1 N–H and O–H groups in total. The fourth-order valence-electron chi connectivity index (χ4n) is 3.88. The number of nitrogens with zero attached hydrogens (tertiary/aromatic N) is 2. The summed E-state index contributed by atoms with van der Waals surface area (Å²) in [6.45, 7) is 1.37. The summed E-state index contributed by atoms with van der Waals surface area (Å²) >= 11 is 0. The molecule has 0 radical (unpaired) electrons. The van der Waals surface area contributed by atoms with Crippen molar-refractivity contribution in [3.8, 4) is 11.1 Å². The zero-order chi connectivity index (χ0) is 23.0. The quantitative estimate of drug-likeness (QED) is 0.649. The summed E-state index contributed by atoms with van der Waals surface area (Å²) in [5.74, 6) is -0.633. The first-order valence-electron chi connectivity index (χ1n) is 9.93. The van der Waals surface area contributed by atoms with Crippen LogP contribution in [-0.4, -0.2) is 50.8 Å². The van der Waals surface area contributed by atoms with Crippen LogP contribution in [-0.2, 0) is 14.6 Å². The van der Waals surface area contributed by atoms with Crippen LogP contribution in [0.4, 0.5) is 11.4 Å². The fraction of sp³-hybridized carbons (Fsp3) is 0.217. The Kier molecular flexibility index (Phi) is 5.62. The Labute approximate surface area is 185 Å². The van der Waals surface area contributed by atoms with E-state index in [4.69, 9.17) is 4.42 Å². The van der Waals surface area contributed by atoms with Crippen molar-refractivity contribution in [2.45, 2.75) is 17.9 Å². The topological polar surface area (TPSA) is 108 Å². The number of benzene rings is 2. The number of amides is 2. The maximum Gasteiger partial charge on any atom is 0.294 e. The van der Waals surface area contributed by atoms with Crippen LogP contribution in [0.5, 0.6) is 0 Å². The molecule has 1 atom stereocenters. The first-order valence-corrected chi connectivity index (χ1v) is 11.8. The SMILES string of the molecule is CC1CN(C(=O)c2ccco2)c2cc(-c3ccc(S(C)(=O)=O)cc3)ccc2N1C(=O)CO. The molecule has 1 unspecified atom stereocenters. The molecular weight excluding hydrogens is 432 g/mol. The Morgan fingerprint density at radius 1 is 1.06 bits per heavy atom. The molecule has 0 aliphatic carbocycles. The molecule has 0 saturated carbocycles. The van der Waals surface area contributed by atoms with E-state index in [1.54, 1.807) is 54.3 Å². The summed E-state index contributed by atoms with van der Waals surface area (Å²) in [5.41, 5.74) is 2.49. The first-order chi connectivity index (χ1) is 15.2. The van der Waals surface area contributed by atoms with Gasteiger partial charge in [0, 0.05) is 12.8 Å². The number of rotatable bonds is 4. The van der Waals surface area contributed by atoms with E-state index in [2.05, 4.69) is 0 Å². The molecule has 1 aliphatic rings. The molecule has 0 saturated heterocycles. The number of carbonyl (C=O) groups is 2. The highest BCUT2D eigenvalue weighted by Gasteiger charge is 2.35. The lowest BCUT2D eigenvalue weighted by Gasteiger charge is -2.40. The smallest absolute Gasteiger partial charge is 0.294 e. The van der Waals surface area contributed by atoms with Crippen molar-refractivity contribution in [2.75, 3.05) is 29.2 Å². The van der Waals surface area contributed by atoms with Crippen molar-refractivity contribution in [1.29, 1.82) is 0 Å². The van der Waals surface area contributed by atoms with Gasteiger partial charge in [-0.25, -0.2) is 8.42 Å². The van der Waals surface area contributed by atoms with Crippen LogP contribution in [0.1, 0.15) is 17.5 Å². The number of carbonyl (C=O) groups excluding carboxylic acids is 2. The van der Waals surface area contributed by atoms with E-state index in [1.807, 2.05) is 0 Å². The van der Waals surface area contributed by atoms with Crippen molar-refractivity contribution in [3.63, 3.8) is 0 Å². The molecule has 166 valence electrons. The van der Waals surface area contributed by atoms with Crippen LogP contribution in [0.2, 0.25) is 0 Å². The normalized spacial score (nSPS) is 16.0. The molecule has 2 amide bonds. The van der Waals surface area contributed by atoms with Gasteiger partial charge in [0.1, 0.15) is 6.61 Å². The van der Waals surface area contributed by atoms with E-state index in [0.717, 1.165) is 17.4 Å². The minimum absolute atomic E-state index is 0.174. The predicted octanol–water partition coefficient (Wildman–Crippen LogP) is 2.72. The van der Waals surface area contributed by atoms with Gasteiger partial charge in [0.2, 0.25) is 0 Å². The number of aliphatic hydroxyl groups excluding tert-OH is 1. The molecule has 3 aromatic rings. The van der Waals surface area contributed by atoms with Crippen molar-refractivity contribution >= 4 is 33.0 Å². The van der Waals surface area contributed by atoms with Crippen molar-refractivity contribution in [2.24, 2.45) is 0 Å². The number of hydrogen-bond acceptors (Lipinski definition) is 6. The third-order valence-electron chi connectivity index (χ3n) is 5.41. The molecule has 8 nitrogen and oxygen atoms in total. The van der Waals surface area contributed by atoms with Gasteiger partial charge in [-0.3, -0.25) is 9.59 Å². The van der Waals surface area contributed by atoms with Gasteiger partial charge >= 0.3 is 0 Å². The molecule has 0 fully saturated rings. The molecular formula is C23H22N2O6S. The third-order valence-corrected chi connectivity index (χ3v) is 6.54. The lowest BCUT2D eigenvalue weighted by molar-refractivity contribution is -0.121. The van der Waals surface area contributed by atoms with E-state index in [-0.39, 0.29) is 29.1 Å². The van der Waals surface area contributed by atoms with Gasteiger partial charge in [0.15, 0.2) is 15.6 Å². The maximum atomic E-state index is 13.1. The Morgan fingerprint density at radius 2 is 1.75 bits per heavy atom. The van der Waals surface area contributed by atoms with Crippen LogP contribution < -0.4 is 9.80 Å². The van der Waals surface area contributed by atoms with E-state index >= 15 is 0 Å². The van der Waals surface area contributed by atoms with Gasteiger partial charge in [-0.15, -0.1) is 0 Å². The Hall–Kier alpha value is -3.43. The summed E-state index contributed by atoms with van der Waals surface area (Å²) in [6.07, 6.45) is 2.57.